The Morgan fingerprint density at radius 3 is 2.72 bits per heavy atom. The van der Waals surface area contributed by atoms with E-state index in [1.54, 1.807) is 26.2 Å². The van der Waals surface area contributed by atoms with Crippen molar-refractivity contribution in [2.24, 2.45) is 0 Å². The molecule has 0 heterocycles. The van der Waals surface area contributed by atoms with E-state index in [4.69, 9.17) is 30.1 Å². The first-order chi connectivity index (χ1) is 12.1. The van der Waals surface area contributed by atoms with Gasteiger partial charge >= 0.3 is 5.97 Å². The molecule has 1 aromatic carbocycles. The number of carbonyl (C=O) groups is 1. The highest BCUT2D eigenvalue weighted by molar-refractivity contribution is 5.97. The van der Waals surface area contributed by atoms with Gasteiger partial charge in [0.2, 0.25) is 0 Å². The molecule has 0 N–H and O–H groups in total. The van der Waals surface area contributed by atoms with Crippen molar-refractivity contribution in [1.82, 2.24) is 0 Å². The predicted octanol–water partition coefficient (Wildman–Crippen LogP) is 2.91. The van der Waals surface area contributed by atoms with Crippen LogP contribution in [0, 0.1) is 12.3 Å². The zero-order valence-corrected chi connectivity index (χ0v) is 14.9. The minimum Gasteiger partial charge on any atom is -0.497 e. The van der Waals surface area contributed by atoms with E-state index in [9.17, 15) is 4.79 Å². The lowest BCUT2D eigenvalue weighted by Gasteiger charge is -2.17. The lowest BCUT2D eigenvalue weighted by Crippen LogP contribution is -2.17. The average molecular weight is 348 g/mol. The van der Waals surface area contributed by atoms with Crippen LogP contribution in [0.5, 0.6) is 11.5 Å². The van der Waals surface area contributed by atoms with Crippen LogP contribution in [0.2, 0.25) is 0 Å². The van der Waals surface area contributed by atoms with Gasteiger partial charge in [-0.3, -0.25) is 0 Å². The fraction of sp³-hybridized carbons (Fsp3) is 0.421. The van der Waals surface area contributed by atoms with Crippen molar-refractivity contribution < 1.29 is 28.5 Å². The van der Waals surface area contributed by atoms with Crippen LogP contribution >= 0.6 is 0 Å². The third-order valence-electron chi connectivity index (χ3n) is 3.21. The van der Waals surface area contributed by atoms with Gasteiger partial charge in [-0.2, -0.15) is 0 Å². The van der Waals surface area contributed by atoms with Crippen molar-refractivity contribution in [3.8, 4) is 23.8 Å². The Balaban J connectivity index is 3.03. The molecule has 0 radical (unpaired) electrons. The molecule has 6 nitrogen and oxygen atoms in total. The summed E-state index contributed by atoms with van der Waals surface area (Å²) in [7, 11) is 3.10. The number of hydrogen-bond acceptors (Lipinski definition) is 6. The summed E-state index contributed by atoms with van der Waals surface area (Å²) < 4.78 is 26.4. The van der Waals surface area contributed by atoms with Crippen LogP contribution < -0.4 is 9.47 Å². The Hall–Kier alpha value is -2.49. The van der Waals surface area contributed by atoms with Gasteiger partial charge in [-0.25, -0.2) is 4.79 Å². The molecule has 0 saturated heterocycles. The van der Waals surface area contributed by atoms with Crippen LogP contribution in [0.25, 0.3) is 6.08 Å². The Kier molecular flexibility index (Phi) is 9.15. The van der Waals surface area contributed by atoms with Crippen LogP contribution in [0.1, 0.15) is 29.3 Å². The highest BCUT2D eigenvalue weighted by atomic mass is 16.7. The van der Waals surface area contributed by atoms with Crippen LogP contribution in [-0.2, 0) is 14.2 Å². The molecule has 0 aliphatic heterocycles. The normalized spacial score (nSPS) is 11.3. The monoisotopic (exact) mass is 348 g/mol. The summed E-state index contributed by atoms with van der Waals surface area (Å²) in [5.74, 6) is 2.72. The summed E-state index contributed by atoms with van der Waals surface area (Å²) in [5.41, 5.74) is 0.777. The Morgan fingerprint density at radius 1 is 1.36 bits per heavy atom. The van der Waals surface area contributed by atoms with Crippen LogP contribution in [0.15, 0.2) is 18.7 Å². The molecule has 0 aliphatic rings. The molecule has 1 aromatic rings. The molecule has 1 atom stereocenters. The van der Waals surface area contributed by atoms with Gasteiger partial charge in [-0.05, 0) is 18.6 Å². The lowest BCUT2D eigenvalue weighted by atomic mass is 10.1. The maximum atomic E-state index is 12.5. The highest BCUT2D eigenvalue weighted by Crippen LogP contribution is 2.31. The van der Waals surface area contributed by atoms with Crippen molar-refractivity contribution in [3.05, 3.63) is 29.8 Å². The summed E-state index contributed by atoms with van der Waals surface area (Å²) in [4.78, 5) is 12.5. The van der Waals surface area contributed by atoms with E-state index in [1.165, 1.54) is 13.2 Å². The number of esters is 1. The molecule has 0 aliphatic carbocycles. The van der Waals surface area contributed by atoms with Gasteiger partial charge in [-0.1, -0.05) is 12.7 Å². The Morgan fingerprint density at radius 2 is 2.12 bits per heavy atom. The largest absolute Gasteiger partial charge is 0.497 e. The SMILES string of the molecule is C#CC[C@H](C)OC(=O)c1c(C=C)cc(OC)cc1OCOCCOC. The van der Waals surface area contributed by atoms with Crippen molar-refractivity contribution in [2.75, 3.05) is 34.2 Å². The molecular weight excluding hydrogens is 324 g/mol. The first-order valence-corrected chi connectivity index (χ1v) is 7.75. The maximum absolute atomic E-state index is 12.5. The van der Waals surface area contributed by atoms with Crippen molar-refractivity contribution in [1.29, 1.82) is 0 Å². The summed E-state index contributed by atoms with van der Waals surface area (Å²) in [6.45, 7) is 6.22. The minimum absolute atomic E-state index is 0.0483. The number of terminal acetylenes is 1. The molecular formula is C19H24O6. The second-order valence-corrected chi connectivity index (χ2v) is 5.08. The van der Waals surface area contributed by atoms with E-state index in [0.717, 1.165) is 0 Å². The predicted molar refractivity (Wildman–Crippen MR) is 94.7 cm³/mol. The van der Waals surface area contributed by atoms with Gasteiger partial charge in [0.15, 0.2) is 6.79 Å². The fourth-order valence-electron chi connectivity index (χ4n) is 1.98. The van der Waals surface area contributed by atoms with Gasteiger partial charge in [-0.15, -0.1) is 12.3 Å². The second kappa shape index (κ2) is 11.1. The first kappa shape index (κ1) is 20.6. The zero-order chi connectivity index (χ0) is 18.7. The summed E-state index contributed by atoms with van der Waals surface area (Å²) in [6, 6.07) is 3.27. The number of ether oxygens (including phenoxy) is 5. The average Bonchev–Trinajstić information content (AvgIpc) is 2.60. The molecule has 0 amide bonds. The topological polar surface area (TPSA) is 63.2 Å². The second-order valence-electron chi connectivity index (χ2n) is 5.08. The van der Waals surface area contributed by atoms with Gasteiger partial charge in [0.1, 0.15) is 23.2 Å². The van der Waals surface area contributed by atoms with Gasteiger partial charge in [0.25, 0.3) is 0 Å². The summed E-state index contributed by atoms with van der Waals surface area (Å²) >= 11 is 0. The summed E-state index contributed by atoms with van der Waals surface area (Å²) in [6.07, 6.45) is 6.69. The number of carbonyl (C=O) groups excluding carboxylic acids is 1. The third kappa shape index (κ3) is 6.49. The number of hydrogen-bond donors (Lipinski definition) is 0. The minimum atomic E-state index is -0.549. The van der Waals surface area contributed by atoms with Crippen molar-refractivity contribution in [2.45, 2.75) is 19.4 Å². The molecule has 0 unspecified atom stereocenters. The van der Waals surface area contributed by atoms with Crippen molar-refractivity contribution >= 4 is 12.0 Å². The number of benzene rings is 1. The smallest absolute Gasteiger partial charge is 0.342 e. The lowest BCUT2D eigenvalue weighted by molar-refractivity contribution is -0.00950. The fourth-order valence-corrected chi connectivity index (χ4v) is 1.98. The quantitative estimate of drug-likeness (QED) is 0.265. The molecule has 1 rings (SSSR count). The number of rotatable bonds is 11. The molecule has 136 valence electrons. The maximum Gasteiger partial charge on any atom is 0.342 e. The molecule has 0 saturated carbocycles. The van der Waals surface area contributed by atoms with Crippen LogP contribution in [-0.4, -0.2) is 46.3 Å². The van der Waals surface area contributed by atoms with Crippen molar-refractivity contribution in [3.63, 3.8) is 0 Å². The molecule has 0 bridgehead atoms. The van der Waals surface area contributed by atoms with E-state index < -0.39 is 12.1 Å². The molecule has 0 spiro atoms. The van der Waals surface area contributed by atoms with Gasteiger partial charge < -0.3 is 23.7 Å². The first-order valence-electron chi connectivity index (χ1n) is 7.75. The van der Waals surface area contributed by atoms with E-state index in [1.807, 2.05) is 0 Å². The van der Waals surface area contributed by atoms with Gasteiger partial charge in [0.05, 0.1) is 20.3 Å². The molecule has 25 heavy (non-hydrogen) atoms. The number of methoxy groups -OCH3 is 2. The van der Waals surface area contributed by atoms with Gasteiger partial charge in [0, 0.05) is 19.6 Å². The van der Waals surface area contributed by atoms with E-state index in [2.05, 4.69) is 12.5 Å². The molecule has 0 aromatic heterocycles. The summed E-state index contributed by atoms with van der Waals surface area (Å²) in [5, 5.41) is 0. The third-order valence-corrected chi connectivity index (χ3v) is 3.21. The molecule has 6 heteroatoms. The Labute approximate surface area is 148 Å². The standard InChI is InChI=1S/C19H24O6/c1-6-8-14(3)25-19(20)18-15(7-2)11-16(22-5)12-17(18)24-13-23-10-9-21-4/h1,7,11-12,14H,2,8-10,13H2,3-5H3/t14-/m0/s1. The molecule has 0 fully saturated rings. The Bertz CT molecular complexity index is 617. The van der Waals surface area contributed by atoms with E-state index in [0.29, 0.717) is 30.9 Å². The highest BCUT2D eigenvalue weighted by Gasteiger charge is 2.21. The van der Waals surface area contributed by atoms with E-state index >= 15 is 0 Å². The van der Waals surface area contributed by atoms with E-state index in [-0.39, 0.29) is 18.1 Å². The van der Waals surface area contributed by atoms with Crippen LogP contribution in [0.3, 0.4) is 0 Å². The van der Waals surface area contributed by atoms with Crippen LogP contribution in [0.4, 0.5) is 0 Å². The zero-order valence-electron chi connectivity index (χ0n) is 14.9.